The van der Waals surface area contributed by atoms with E-state index in [0.29, 0.717) is 32.0 Å². The van der Waals surface area contributed by atoms with Crippen LogP contribution < -0.4 is 10.6 Å². The summed E-state index contributed by atoms with van der Waals surface area (Å²) in [4.78, 5) is 25.3. The second-order valence-corrected chi connectivity index (χ2v) is 5.75. The van der Waals surface area contributed by atoms with E-state index in [4.69, 9.17) is 0 Å². The highest BCUT2D eigenvalue weighted by atomic mass is 16.2. The van der Waals surface area contributed by atoms with Crippen LogP contribution >= 0.6 is 0 Å². The summed E-state index contributed by atoms with van der Waals surface area (Å²) >= 11 is 0. The lowest BCUT2D eigenvalue weighted by Gasteiger charge is -2.25. The average molecular weight is 267 g/mol. The van der Waals surface area contributed by atoms with Gasteiger partial charge < -0.3 is 15.5 Å². The molecule has 0 radical (unpaired) electrons. The monoisotopic (exact) mass is 267 g/mol. The Morgan fingerprint density at radius 3 is 2.74 bits per heavy atom. The molecule has 19 heavy (non-hydrogen) atoms. The summed E-state index contributed by atoms with van der Waals surface area (Å²) in [5.41, 5.74) is 0. The van der Waals surface area contributed by atoms with Crippen molar-refractivity contribution in [3.63, 3.8) is 0 Å². The minimum absolute atomic E-state index is 0.0468. The number of nitrogens with zero attached hydrogens (tertiary/aromatic N) is 1. The second kappa shape index (κ2) is 6.89. The van der Waals surface area contributed by atoms with E-state index in [0.717, 1.165) is 6.54 Å². The number of amides is 2. The molecule has 1 atom stereocenters. The number of likely N-dealkylation sites (N-methyl/N-ethyl adjacent to an activating group) is 1. The fourth-order valence-electron chi connectivity index (χ4n) is 2.98. The van der Waals surface area contributed by atoms with E-state index in [1.54, 1.807) is 0 Å². The van der Waals surface area contributed by atoms with Crippen molar-refractivity contribution in [3.8, 4) is 0 Å². The summed E-state index contributed by atoms with van der Waals surface area (Å²) < 4.78 is 0. The van der Waals surface area contributed by atoms with E-state index in [1.165, 1.54) is 25.7 Å². The smallest absolute Gasteiger partial charge is 0.224 e. The fourth-order valence-corrected chi connectivity index (χ4v) is 2.98. The number of hydrogen-bond donors (Lipinski definition) is 2. The lowest BCUT2D eigenvalue weighted by Crippen LogP contribution is -2.45. The van der Waals surface area contributed by atoms with Gasteiger partial charge in [-0.2, -0.15) is 0 Å². The normalized spacial score (nSPS) is 24.5. The standard InChI is InChI=1S/C14H25N3O2/c1-17(12-4-2-3-5-12)9-8-15-14(19)11-6-7-13(18)16-10-11/h11-12H,2-10H2,1H3,(H,15,19)(H,16,18). The third-order valence-corrected chi connectivity index (χ3v) is 4.35. The Hall–Kier alpha value is -1.10. The minimum atomic E-state index is -0.0468. The molecule has 5 nitrogen and oxygen atoms in total. The molecule has 1 saturated heterocycles. The molecule has 2 aliphatic rings. The van der Waals surface area contributed by atoms with E-state index in [2.05, 4.69) is 22.6 Å². The molecule has 0 aromatic rings. The minimum Gasteiger partial charge on any atom is -0.355 e. The summed E-state index contributed by atoms with van der Waals surface area (Å²) in [5.74, 6) is 0.0966. The van der Waals surface area contributed by atoms with Gasteiger partial charge >= 0.3 is 0 Å². The van der Waals surface area contributed by atoms with E-state index >= 15 is 0 Å². The zero-order valence-corrected chi connectivity index (χ0v) is 11.8. The van der Waals surface area contributed by atoms with Gasteiger partial charge in [-0.15, -0.1) is 0 Å². The van der Waals surface area contributed by atoms with Crippen molar-refractivity contribution in [1.29, 1.82) is 0 Å². The predicted molar refractivity (Wildman–Crippen MR) is 73.6 cm³/mol. The van der Waals surface area contributed by atoms with Crippen molar-refractivity contribution < 1.29 is 9.59 Å². The van der Waals surface area contributed by atoms with Crippen LogP contribution in [0.5, 0.6) is 0 Å². The van der Waals surface area contributed by atoms with Crippen LogP contribution in [-0.2, 0) is 9.59 Å². The molecule has 0 spiro atoms. The molecule has 2 amide bonds. The summed E-state index contributed by atoms with van der Waals surface area (Å²) in [6.45, 7) is 2.11. The Morgan fingerprint density at radius 1 is 1.37 bits per heavy atom. The summed E-state index contributed by atoms with van der Waals surface area (Å²) in [5, 5.41) is 5.74. The molecule has 0 aromatic heterocycles. The van der Waals surface area contributed by atoms with Crippen LogP contribution in [0.4, 0.5) is 0 Å². The maximum Gasteiger partial charge on any atom is 0.224 e. The van der Waals surface area contributed by atoms with Crippen molar-refractivity contribution in [2.45, 2.75) is 44.6 Å². The van der Waals surface area contributed by atoms with Crippen molar-refractivity contribution in [2.24, 2.45) is 5.92 Å². The maximum absolute atomic E-state index is 11.9. The molecule has 1 heterocycles. The number of carbonyl (C=O) groups excluding carboxylic acids is 2. The Morgan fingerprint density at radius 2 is 2.11 bits per heavy atom. The average Bonchev–Trinajstić information content (AvgIpc) is 2.93. The van der Waals surface area contributed by atoms with Gasteiger partial charge in [0, 0.05) is 32.1 Å². The van der Waals surface area contributed by atoms with Gasteiger partial charge in [0.2, 0.25) is 11.8 Å². The number of carbonyl (C=O) groups is 2. The Kier molecular flexibility index (Phi) is 5.19. The van der Waals surface area contributed by atoms with Gasteiger partial charge in [0.15, 0.2) is 0 Å². The number of nitrogens with one attached hydrogen (secondary N) is 2. The Labute approximate surface area is 115 Å². The molecule has 2 N–H and O–H groups in total. The van der Waals surface area contributed by atoms with Crippen LogP contribution in [0.15, 0.2) is 0 Å². The van der Waals surface area contributed by atoms with Gasteiger partial charge in [0.1, 0.15) is 0 Å². The maximum atomic E-state index is 11.9. The van der Waals surface area contributed by atoms with E-state index in [1.807, 2.05) is 0 Å². The lowest BCUT2D eigenvalue weighted by atomic mass is 9.98. The number of hydrogen-bond acceptors (Lipinski definition) is 3. The third kappa shape index (κ3) is 4.20. The molecule has 2 fully saturated rings. The topological polar surface area (TPSA) is 61.4 Å². The molecule has 2 rings (SSSR count). The molecular weight excluding hydrogens is 242 g/mol. The quantitative estimate of drug-likeness (QED) is 0.762. The fraction of sp³-hybridized carbons (Fsp3) is 0.857. The predicted octanol–water partition coefficient (Wildman–Crippen LogP) is 0.503. The van der Waals surface area contributed by atoms with Crippen LogP contribution in [0.2, 0.25) is 0 Å². The van der Waals surface area contributed by atoms with Gasteiger partial charge in [-0.3, -0.25) is 9.59 Å². The van der Waals surface area contributed by atoms with Crippen LogP contribution in [0.25, 0.3) is 0 Å². The molecule has 0 bridgehead atoms. The summed E-state index contributed by atoms with van der Waals surface area (Å²) in [7, 11) is 2.14. The van der Waals surface area contributed by atoms with E-state index in [-0.39, 0.29) is 17.7 Å². The molecule has 1 saturated carbocycles. The van der Waals surface area contributed by atoms with Crippen molar-refractivity contribution in [1.82, 2.24) is 15.5 Å². The first-order valence-electron chi connectivity index (χ1n) is 7.41. The first-order chi connectivity index (χ1) is 9.16. The van der Waals surface area contributed by atoms with Crippen molar-refractivity contribution >= 4 is 11.8 Å². The summed E-state index contributed by atoms with van der Waals surface area (Å²) in [6, 6.07) is 0.700. The molecule has 5 heteroatoms. The zero-order valence-electron chi connectivity index (χ0n) is 11.8. The number of rotatable bonds is 5. The highest BCUT2D eigenvalue weighted by Gasteiger charge is 2.24. The molecule has 108 valence electrons. The van der Waals surface area contributed by atoms with Crippen LogP contribution in [0.1, 0.15) is 38.5 Å². The van der Waals surface area contributed by atoms with Crippen LogP contribution in [0, 0.1) is 5.92 Å². The highest BCUT2D eigenvalue weighted by Crippen LogP contribution is 2.21. The van der Waals surface area contributed by atoms with Gasteiger partial charge in [-0.25, -0.2) is 0 Å². The van der Waals surface area contributed by atoms with Gasteiger partial charge in [-0.1, -0.05) is 12.8 Å². The first-order valence-corrected chi connectivity index (χ1v) is 7.41. The Bertz CT molecular complexity index is 317. The second-order valence-electron chi connectivity index (χ2n) is 5.75. The summed E-state index contributed by atoms with van der Waals surface area (Å²) in [6.07, 6.45) is 6.40. The van der Waals surface area contributed by atoms with Gasteiger partial charge in [-0.05, 0) is 26.3 Å². The van der Waals surface area contributed by atoms with Crippen molar-refractivity contribution in [2.75, 3.05) is 26.7 Å². The third-order valence-electron chi connectivity index (χ3n) is 4.35. The molecule has 1 unspecified atom stereocenters. The molecular formula is C14H25N3O2. The van der Waals surface area contributed by atoms with Crippen molar-refractivity contribution in [3.05, 3.63) is 0 Å². The SMILES string of the molecule is CN(CCNC(=O)C1CCC(=O)NC1)C1CCCC1. The van der Waals surface area contributed by atoms with Gasteiger partial charge in [0.05, 0.1) is 5.92 Å². The molecule has 1 aliphatic carbocycles. The van der Waals surface area contributed by atoms with Gasteiger partial charge in [0.25, 0.3) is 0 Å². The highest BCUT2D eigenvalue weighted by molar-refractivity contribution is 5.83. The molecule has 0 aromatic carbocycles. The van der Waals surface area contributed by atoms with E-state index < -0.39 is 0 Å². The van der Waals surface area contributed by atoms with Crippen LogP contribution in [0.3, 0.4) is 0 Å². The zero-order chi connectivity index (χ0) is 13.7. The van der Waals surface area contributed by atoms with E-state index in [9.17, 15) is 9.59 Å². The lowest BCUT2D eigenvalue weighted by molar-refractivity contribution is -0.128. The molecule has 1 aliphatic heterocycles. The van der Waals surface area contributed by atoms with Crippen LogP contribution in [-0.4, -0.2) is 49.4 Å². The Balaban J connectivity index is 1.62. The number of piperidine rings is 1. The largest absolute Gasteiger partial charge is 0.355 e. The first kappa shape index (κ1) is 14.3.